The second-order valence-electron chi connectivity index (χ2n) is 4.49. The molecule has 0 unspecified atom stereocenters. The molecule has 0 N–H and O–H groups in total. The van der Waals surface area contributed by atoms with Crippen molar-refractivity contribution in [1.29, 1.82) is 0 Å². The lowest BCUT2D eigenvalue weighted by Crippen LogP contribution is -2.49. The van der Waals surface area contributed by atoms with E-state index in [0.29, 0.717) is 5.91 Å². The summed E-state index contributed by atoms with van der Waals surface area (Å²) in [4.78, 5) is 14.2. The molecular formula is C11H19NO. The summed E-state index contributed by atoms with van der Waals surface area (Å²) in [6.45, 7) is 4.20. The fourth-order valence-electron chi connectivity index (χ4n) is 2.63. The van der Waals surface area contributed by atoms with Crippen LogP contribution in [0.4, 0.5) is 0 Å². The van der Waals surface area contributed by atoms with Gasteiger partial charge in [-0.1, -0.05) is 19.8 Å². The van der Waals surface area contributed by atoms with Gasteiger partial charge in [0.2, 0.25) is 5.91 Å². The first-order chi connectivity index (χ1) is 6.28. The van der Waals surface area contributed by atoms with Crippen molar-refractivity contribution in [3.05, 3.63) is 0 Å². The first kappa shape index (κ1) is 9.04. The van der Waals surface area contributed by atoms with E-state index < -0.39 is 0 Å². The van der Waals surface area contributed by atoms with Crippen molar-refractivity contribution in [3.8, 4) is 0 Å². The minimum atomic E-state index is 0.0560. The molecule has 1 aliphatic heterocycles. The minimum absolute atomic E-state index is 0.0560. The Morgan fingerprint density at radius 3 is 2.23 bits per heavy atom. The summed E-state index contributed by atoms with van der Waals surface area (Å²) < 4.78 is 0. The van der Waals surface area contributed by atoms with Gasteiger partial charge >= 0.3 is 0 Å². The van der Waals surface area contributed by atoms with Gasteiger partial charge in [0.15, 0.2) is 0 Å². The van der Waals surface area contributed by atoms with Crippen LogP contribution in [0, 0.1) is 5.41 Å². The van der Waals surface area contributed by atoms with E-state index in [1.807, 2.05) is 0 Å². The third-order valence-electron chi connectivity index (χ3n) is 3.83. The second kappa shape index (κ2) is 3.32. The highest BCUT2D eigenvalue weighted by molar-refractivity contribution is 5.83. The molecule has 13 heavy (non-hydrogen) atoms. The Bertz CT molecular complexity index is 202. The smallest absolute Gasteiger partial charge is 0.228 e. The second-order valence-corrected chi connectivity index (χ2v) is 4.49. The molecule has 0 aromatic carbocycles. The predicted octanol–water partition coefficient (Wildman–Crippen LogP) is 2.19. The molecule has 1 aliphatic carbocycles. The van der Waals surface area contributed by atoms with E-state index in [1.54, 1.807) is 0 Å². The van der Waals surface area contributed by atoms with E-state index in [0.717, 1.165) is 32.4 Å². The Morgan fingerprint density at radius 2 is 1.85 bits per heavy atom. The van der Waals surface area contributed by atoms with Gasteiger partial charge in [-0.25, -0.2) is 0 Å². The van der Waals surface area contributed by atoms with Crippen molar-refractivity contribution in [3.63, 3.8) is 0 Å². The molecule has 0 aromatic rings. The summed E-state index contributed by atoms with van der Waals surface area (Å²) in [5.41, 5.74) is 0.0560. The van der Waals surface area contributed by atoms with Crippen molar-refractivity contribution in [2.24, 2.45) is 5.41 Å². The summed E-state index contributed by atoms with van der Waals surface area (Å²) in [6.07, 6.45) is 7.05. The van der Waals surface area contributed by atoms with E-state index >= 15 is 0 Å². The largest absolute Gasteiger partial charge is 0.342 e. The van der Waals surface area contributed by atoms with Gasteiger partial charge in [-0.2, -0.15) is 0 Å². The number of hydrogen-bond acceptors (Lipinski definition) is 1. The van der Waals surface area contributed by atoms with Crippen molar-refractivity contribution in [2.75, 3.05) is 13.1 Å². The highest BCUT2D eigenvalue weighted by Gasteiger charge is 2.42. The number of nitrogens with zero attached hydrogens (tertiary/aromatic N) is 1. The zero-order valence-electron chi connectivity index (χ0n) is 8.51. The fourth-order valence-corrected chi connectivity index (χ4v) is 2.63. The number of hydrogen-bond donors (Lipinski definition) is 0. The van der Waals surface area contributed by atoms with Crippen LogP contribution in [0.25, 0.3) is 0 Å². The van der Waals surface area contributed by atoms with Gasteiger partial charge in [-0.3, -0.25) is 4.79 Å². The van der Waals surface area contributed by atoms with Crippen LogP contribution in [0.1, 0.15) is 45.4 Å². The summed E-state index contributed by atoms with van der Waals surface area (Å²) in [7, 11) is 0. The summed E-state index contributed by atoms with van der Waals surface area (Å²) >= 11 is 0. The molecule has 2 rings (SSSR count). The molecular weight excluding hydrogens is 162 g/mol. The number of carbonyl (C=O) groups excluding carboxylic acids is 1. The van der Waals surface area contributed by atoms with Gasteiger partial charge in [0.1, 0.15) is 0 Å². The number of carbonyl (C=O) groups is 1. The van der Waals surface area contributed by atoms with E-state index in [1.165, 1.54) is 19.3 Å². The zero-order valence-corrected chi connectivity index (χ0v) is 8.51. The monoisotopic (exact) mass is 181 g/mol. The van der Waals surface area contributed by atoms with Crippen LogP contribution in [-0.4, -0.2) is 23.9 Å². The van der Waals surface area contributed by atoms with E-state index in [2.05, 4.69) is 11.8 Å². The molecule has 2 heteroatoms. The van der Waals surface area contributed by atoms with Crippen LogP contribution < -0.4 is 0 Å². The highest BCUT2D eigenvalue weighted by atomic mass is 16.2. The standard InChI is InChI=1S/C11H19NO/c1-2-11(6-3-4-7-11)10(13)12-8-5-9-12/h2-9H2,1H3. The molecule has 74 valence electrons. The van der Waals surface area contributed by atoms with Gasteiger partial charge in [0.05, 0.1) is 0 Å². The van der Waals surface area contributed by atoms with Gasteiger partial charge in [-0.05, 0) is 25.7 Å². The summed E-state index contributed by atoms with van der Waals surface area (Å²) in [5, 5.41) is 0. The van der Waals surface area contributed by atoms with Gasteiger partial charge in [0.25, 0.3) is 0 Å². The lowest BCUT2D eigenvalue weighted by atomic mass is 9.81. The predicted molar refractivity (Wildman–Crippen MR) is 52.4 cm³/mol. The Balaban J connectivity index is 2.05. The van der Waals surface area contributed by atoms with Crippen molar-refractivity contribution in [2.45, 2.75) is 45.4 Å². The average molecular weight is 181 g/mol. The normalized spacial score (nSPS) is 25.8. The first-order valence-corrected chi connectivity index (χ1v) is 5.58. The third-order valence-corrected chi connectivity index (χ3v) is 3.83. The van der Waals surface area contributed by atoms with Crippen LogP contribution >= 0.6 is 0 Å². The van der Waals surface area contributed by atoms with E-state index in [4.69, 9.17) is 0 Å². The molecule has 1 amide bonds. The molecule has 0 spiro atoms. The van der Waals surface area contributed by atoms with Gasteiger partial charge in [0, 0.05) is 18.5 Å². The van der Waals surface area contributed by atoms with Crippen LogP contribution in [0.2, 0.25) is 0 Å². The maximum Gasteiger partial charge on any atom is 0.228 e. The van der Waals surface area contributed by atoms with Crippen molar-refractivity contribution < 1.29 is 4.79 Å². The molecule has 0 atom stereocenters. The Hall–Kier alpha value is -0.530. The molecule has 1 saturated carbocycles. The molecule has 1 heterocycles. The molecule has 1 saturated heterocycles. The molecule has 2 aliphatic rings. The lowest BCUT2D eigenvalue weighted by molar-refractivity contribution is -0.145. The van der Waals surface area contributed by atoms with Crippen LogP contribution in [0.3, 0.4) is 0 Å². The SMILES string of the molecule is CCC1(C(=O)N2CCC2)CCCC1. The Morgan fingerprint density at radius 1 is 1.23 bits per heavy atom. The number of amides is 1. The molecule has 2 fully saturated rings. The minimum Gasteiger partial charge on any atom is -0.342 e. The van der Waals surface area contributed by atoms with Gasteiger partial charge in [-0.15, -0.1) is 0 Å². The molecule has 2 nitrogen and oxygen atoms in total. The van der Waals surface area contributed by atoms with Crippen LogP contribution in [0.5, 0.6) is 0 Å². The fraction of sp³-hybridized carbons (Fsp3) is 0.909. The molecule has 0 radical (unpaired) electrons. The van der Waals surface area contributed by atoms with E-state index in [9.17, 15) is 4.79 Å². The quantitative estimate of drug-likeness (QED) is 0.639. The van der Waals surface area contributed by atoms with E-state index in [-0.39, 0.29) is 5.41 Å². The molecule has 0 bridgehead atoms. The summed E-state index contributed by atoms with van der Waals surface area (Å²) in [6, 6.07) is 0. The third kappa shape index (κ3) is 1.36. The Kier molecular flexibility index (Phi) is 2.31. The van der Waals surface area contributed by atoms with Crippen LogP contribution in [-0.2, 0) is 4.79 Å². The maximum atomic E-state index is 12.1. The van der Waals surface area contributed by atoms with Crippen molar-refractivity contribution >= 4 is 5.91 Å². The number of likely N-dealkylation sites (tertiary alicyclic amines) is 1. The lowest BCUT2D eigenvalue weighted by Gasteiger charge is -2.38. The highest BCUT2D eigenvalue weighted by Crippen LogP contribution is 2.43. The maximum absolute atomic E-state index is 12.1. The zero-order chi connectivity index (χ0) is 9.31. The topological polar surface area (TPSA) is 20.3 Å². The Labute approximate surface area is 80.3 Å². The average Bonchev–Trinajstić information content (AvgIpc) is 2.49. The summed E-state index contributed by atoms with van der Waals surface area (Å²) in [5.74, 6) is 0.457. The van der Waals surface area contributed by atoms with Gasteiger partial charge < -0.3 is 4.90 Å². The molecule has 0 aromatic heterocycles. The van der Waals surface area contributed by atoms with Crippen LogP contribution in [0.15, 0.2) is 0 Å². The first-order valence-electron chi connectivity index (χ1n) is 5.58. The number of rotatable bonds is 2. The van der Waals surface area contributed by atoms with Crippen molar-refractivity contribution in [1.82, 2.24) is 4.90 Å².